The average molecular weight is 364 g/mol. The highest BCUT2D eigenvalue weighted by Gasteiger charge is 2.18. The van der Waals surface area contributed by atoms with E-state index in [0.29, 0.717) is 5.69 Å². The Kier molecular flexibility index (Phi) is 5.10. The second kappa shape index (κ2) is 7.28. The molecular weight excluding hydrogens is 343 g/mol. The summed E-state index contributed by atoms with van der Waals surface area (Å²) in [5.74, 6) is -0.509. The van der Waals surface area contributed by atoms with Crippen LogP contribution in [0.2, 0.25) is 0 Å². The maximum absolute atomic E-state index is 13.2. The van der Waals surface area contributed by atoms with Gasteiger partial charge in [-0.25, -0.2) is 12.8 Å². The fourth-order valence-electron chi connectivity index (χ4n) is 2.84. The Bertz CT molecular complexity index is 849. The molecule has 2 aromatic carbocycles. The maximum atomic E-state index is 13.2. The van der Waals surface area contributed by atoms with Crippen LogP contribution in [0.4, 0.5) is 21.5 Å². The molecule has 1 fully saturated rings. The number of rotatable bonds is 4. The summed E-state index contributed by atoms with van der Waals surface area (Å²) in [6.45, 7) is 3.50. The van der Waals surface area contributed by atoms with E-state index in [-0.39, 0.29) is 10.6 Å². The second-order valence-electron chi connectivity index (χ2n) is 5.93. The molecule has 1 aliphatic heterocycles. The van der Waals surface area contributed by atoms with Gasteiger partial charge in [0.25, 0.3) is 10.0 Å². The molecule has 25 heavy (non-hydrogen) atoms. The first kappa shape index (κ1) is 17.5. The van der Waals surface area contributed by atoms with Crippen molar-refractivity contribution in [2.45, 2.75) is 11.3 Å². The summed E-state index contributed by atoms with van der Waals surface area (Å²) in [5, 5.41) is 3.31. The number of hydrogen-bond acceptors (Lipinski definition) is 5. The van der Waals surface area contributed by atoms with Crippen LogP contribution in [-0.4, -0.2) is 34.6 Å². The lowest BCUT2D eigenvalue weighted by Crippen LogP contribution is -2.28. The lowest BCUT2D eigenvalue weighted by atomic mass is 10.2. The molecule has 6 nitrogen and oxygen atoms in total. The van der Waals surface area contributed by atoms with Crippen molar-refractivity contribution >= 4 is 27.1 Å². The van der Waals surface area contributed by atoms with E-state index in [1.807, 2.05) is 0 Å². The highest BCUT2D eigenvalue weighted by atomic mass is 32.2. The zero-order chi connectivity index (χ0) is 17.9. The zero-order valence-electron chi connectivity index (χ0n) is 13.7. The molecule has 1 aliphatic rings. The molecule has 1 heterocycles. The molecular formula is C17H21FN4O2S. The predicted octanol–water partition coefficient (Wildman–Crippen LogP) is 2.01. The minimum atomic E-state index is -3.83. The van der Waals surface area contributed by atoms with E-state index in [1.54, 1.807) is 6.07 Å². The van der Waals surface area contributed by atoms with Crippen LogP contribution in [0.1, 0.15) is 6.42 Å². The molecule has 3 rings (SSSR count). The molecule has 4 N–H and O–H groups in total. The summed E-state index contributed by atoms with van der Waals surface area (Å²) in [5.41, 5.74) is 7.50. The van der Waals surface area contributed by atoms with Crippen molar-refractivity contribution in [2.24, 2.45) is 0 Å². The van der Waals surface area contributed by atoms with Gasteiger partial charge in [0.05, 0.1) is 22.0 Å². The molecule has 0 atom stereocenters. The van der Waals surface area contributed by atoms with Gasteiger partial charge in [0.1, 0.15) is 5.82 Å². The first-order valence-corrected chi connectivity index (χ1v) is 9.57. The fraction of sp³-hybridized carbons (Fsp3) is 0.294. The van der Waals surface area contributed by atoms with Crippen molar-refractivity contribution in [2.75, 3.05) is 41.5 Å². The Morgan fingerprint density at radius 1 is 1.12 bits per heavy atom. The number of hydrogen-bond donors (Lipinski definition) is 3. The summed E-state index contributed by atoms with van der Waals surface area (Å²) in [6.07, 6.45) is 1.00. The molecule has 2 aromatic rings. The highest BCUT2D eigenvalue weighted by Crippen LogP contribution is 2.27. The third-order valence-corrected chi connectivity index (χ3v) is 5.45. The number of nitrogen functional groups attached to an aromatic ring is 1. The smallest absolute Gasteiger partial charge is 0.261 e. The summed E-state index contributed by atoms with van der Waals surface area (Å²) in [4.78, 5) is 2.19. The van der Waals surface area contributed by atoms with Crippen LogP contribution in [0.15, 0.2) is 47.4 Å². The first-order valence-electron chi connectivity index (χ1n) is 8.09. The molecule has 0 aromatic heterocycles. The standard InChI is InChI=1S/C17H21FN4O2S/c18-13-3-1-4-14(11-13)21-25(23,24)15-5-6-17(16(19)12-15)22-9-2-7-20-8-10-22/h1,3-6,11-12,20-21H,2,7-10,19H2. The Balaban J connectivity index is 1.83. The van der Waals surface area contributed by atoms with Crippen molar-refractivity contribution in [3.8, 4) is 0 Å². The lowest BCUT2D eigenvalue weighted by molar-refractivity contribution is 0.601. The Hall–Kier alpha value is -2.32. The number of nitrogens with two attached hydrogens (primary N) is 1. The molecule has 1 saturated heterocycles. The number of benzene rings is 2. The van der Waals surface area contributed by atoms with Crippen molar-refractivity contribution < 1.29 is 12.8 Å². The van der Waals surface area contributed by atoms with E-state index in [2.05, 4.69) is 14.9 Å². The van der Waals surface area contributed by atoms with E-state index >= 15 is 0 Å². The van der Waals surface area contributed by atoms with Gasteiger partial charge in [-0.2, -0.15) is 0 Å². The molecule has 0 amide bonds. The van der Waals surface area contributed by atoms with E-state index in [4.69, 9.17) is 5.73 Å². The number of sulfonamides is 1. The number of halogens is 1. The third kappa shape index (κ3) is 4.21. The summed E-state index contributed by atoms with van der Waals surface area (Å²) >= 11 is 0. The quantitative estimate of drug-likeness (QED) is 0.723. The third-order valence-electron chi connectivity index (χ3n) is 4.07. The summed E-state index contributed by atoms with van der Waals surface area (Å²) < 4.78 is 40.6. The van der Waals surface area contributed by atoms with Gasteiger partial charge in [-0.05, 0) is 49.4 Å². The van der Waals surface area contributed by atoms with Crippen LogP contribution in [-0.2, 0) is 10.0 Å². The second-order valence-corrected chi connectivity index (χ2v) is 7.61. The van der Waals surface area contributed by atoms with Gasteiger partial charge in [0.15, 0.2) is 0 Å². The van der Waals surface area contributed by atoms with Crippen LogP contribution >= 0.6 is 0 Å². The van der Waals surface area contributed by atoms with Crippen LogP contribution < -0.4 is 20.7 Å². The molecule has 8 heteroatoms. The molecule has 0 unspecified atom stereocenters. The van der Waals surface area contributed by atoms with E-state index in [0.717, 1.165) is 44.4 Å². The fourth-order valence-corrected chi connectivity index (χ4v) is 3.92. The molecule has 0 spiro atoms. The molecule has 0 saturated carbocycles. The van der Waals surface area contributed by atoms with E-state index in [1.165, 1.54) is 30.3 Å². The Morgan fingerprint density at radius 2 is 1.96 bits per heavy atom. The summed E-state index contributed by atoms with van der Waals surface area (Å²) in [7, 11) is -3.83. The Labute approximate surface area is 146 Å². The van der Waals surface area contributed by atoms with Gasteiger partial charge < -0.3 is 16.0 Å². The van der Waals surface area contributed by atoms with Crippen molar-refractivity contribution in [1.29, 1.82) is 0 Å². The molecule has 134 valence electrons. The van der Waals surface area contributed by atoms with Gasteiger partial charge in [-0.1, -0.05) is 6.07 Å². The number of nitrogens with one attached hydrogen (secondary N) is 2. The SMILES string of the molecule is Nc1cc(S(=O)(=O)Nc2cccc(F)c2)ccc1N1CCCNCC1. The highest BCUT2D eigenvalue weighted by molar-refractivity contribution is 7.92. The number of anilines is 3. The molecule has 0 bridgehead atoms. The van der Waals surface area contributed by atoms with E-state index < -0.39 is 15.8 Å². The average Bonchev–Trinajstić information content (AvgIpc) is 2.83. The van der Waals surface area contributed by atoms with Crippen molar-refractivity contribution in [3.05, 3.63) is 48.3 Å². The minimum absolute atomic E-state index is 0.0472. The molecule has 0 radical (unpaired) electrons. The van der Waals surface area contributed by atoms with Crippen molar-refractivity contribution in [3.63, 3.8) is 0 Å². The van der Waals surface area contributed by atoms with Gasteiger partial charge in [0.2, 0.25) is 0 Å². The maximum Gasteiger partial charge on any atom is 0.261 e. The minimum Gasteiger partial charge on any atom is -0.397 e. The normalized spacial score (nSPS) is 15.6. The van der Waals surface area contributed by atoms with E-state index in [9.17, 15) is 12.8 Å². The van der Waals surface area contributed by atoms with Gasteiger partial charge in [-0.15, -0.1) is 0 Å². The largest absolute Gasteiger partial charge is 0.397 e. The topological polar surface area (TPSA) is 87.5 Å². The molecule has 0 aliphatic carbocycles. The van der Waals surface area contributed by atoms with Crippen LogP contribution in [0.25, 0.3) is 0 Å². The number of nitrogens with zero attached hydrogens (tertiary/aromatic N) is 1. The predicted molar refractivity (Wildman–Crippen MR) is 97.8 cm³/mol. The zero-order valence-corrected chi connectivity index (χ0v) is 14.5. The van der Waals surface area contributed by atoms with Gasteiger partial charge in [0, 0.05) is 19.6 Å². The van der Waals surface area contributed by atoms with Crippen LogP contribution in [0.3, 0.4) is 0 Å². The van der Waals surface area contributed by atoms with Crippen molar-refractivity contribution in [1.82, 2.24) is 5.32 Å². The van der Waals surface area contributed by atoms with Crippen LogP contribution in [0.5, 0.6) is 0 Å². The first-order chi connectivity index (χ1) is 12.0. The monoisotopic (exact) mass is 364 g/mol. The lowest BCUT2D eigenvalue weighted by Gasteiger charge is -2.24. The Morgan fingerprint density at radius 3 is 2.72 bits per heavy atom. The van der Waals surface area contributed by atoms with Gasteiger partial charge >= 0.3 is 0 Å². The van der Waals surface area contributed by atoms with Gasteiger partial charge in [-0.3, -0.25) is 4.72 Å². The summed E-state index contributed by atoms with van der Waals surface area (Å²) in [6, 6.07) is 9.99. The van der Waals surface area contributed by atoms with Crippen LogP contribution in [0, 0.1) is 5.82 Å².